The maximum atomic E-state index is 14.4. The van der Waals surface area contributed by atoms with E-state index in [0.717, 1.165) is 80.5 Å². The highest BCUT2D eigenvalue weighted by molar-refractivity contribution is 8.00. The summed E-state index contributed by atoms with van der Waals surface area (Å²) < 4.78 is 16.1. The SMILES string of the molecule is C=C[C@@H]1C[C@H](/C=C/CCCCOC(=O)CNC(=O)OCC2c3ccccc3-c3ccccc32)[C@@H]2CN(C(=O)CNC(=O)CNC(=O)[C@H](CSC(c3ccccc3)(c3ccccc3)c3ccccc3)NC(=O)OCC3c4ccccc4-c4ccccc43)C[C@@H]21. The average Bonchev–Trinajstić information content (AvgIpc) is 1.97. The molecule has 0 spiro atoms. The number of allylic oxidation sites excluding steroid dienone is 3. The number of esters is 1. The first kappa shape index (κ1) is 60.5. The number of nitrogens with zero attached hydrogens (tertiary/aromatic N) is 1. The van der Waals surface area contributed by atoms with Crippen LogP contribution in [0.5, 0.6) is 0 Å². The number of nitrogens with one attached hydrogen (secondary N) is 4. The van der Waals surface area contributed by atoms with Gasteiger partial charge in [0.25, 0.3) is 0 Å². The molecule has 450 valence electrons. The molecule has 5 atom stereocenters. The third-order valence-corrected chi connectivity index (χ3v) is 19.3. The van der Waals surface area contributed by atoms with E-state index in [1.165, 1.54) is 11.8 Å². The van der Waals surface area contributed by atoms with Crippen LogP contribution in [0.1, 0.15) is 76.5 Å². The Morgan fingerprint density at radius 2 is 1.02 bits per heavy atom. The largest absolute Gasteiger partial charge is 0.464 e. The summed E-state index contributed by atoms with van der Waals surface area (Å²) in [4.78, 5) is 82.6. The molecule has 4 aliphatic rings. The number of thioether (sulfide) groups is 1. The van der Waals surface area contributed by atoms with E-state index in [-0.39, 0.29) is 80.1 Å². The fourth-order valence-electron chi connectivity index (χ4n) is 13.4. The van der Waals surface area contributed by atoms with E-state index in [0.29, 0.717) is 19.5 Å². The van der Waals surface area contributed by atoms with E-state index in [9.17, 15) is 28.8 Å². The summed E-state index contributed by atoms with van der Waals surface area (Å²) in [5.74, 6) is -1.15. The molecule has 1 heterocycles. The van der Waals surface area contributed by atoms with Crippen LogP contribution in [-0.2, 0) is 38.1 Å². The summed E-state index contributed by atoms with van der Waals surface area (Å²) in [6.45, 7) is 4.69. The number of hydrogen-bond acceptors (Lipinski definition) is 10. The summed E-state index contributed by atoms with van der Waals surface area (Å²) >= 11 is 1.49. The highest BCUT2D eigenvalue weighted by atomic mass is 32.2. The van der Waals surface area contributed by atoms with Crippen LogP contribution in [-0.4, -0.2) is 105 Å². The Labute approximate surface area is 518 Å². The van der Waals surface area contributed by atoms with Crippen LogP contribution in [0.15, 0.2) is 213 Å². The number of unbranched alkanes of at least 4 members (excludes halogenated alkanes) is 2. The second-order valence-corrected chi connectivity index (χ2v) is 24.1. The number of fused-ring (bicyclic) bond motifs is 7. The first-order valence-corrected chi connectivity index (χ1v) is 31.4. The number of carbonyl (C=O) groups is 6. The van der Waals surface area contributed by atoms with Crippen molar-refractivity contribution in [3.8, 4) is 22.3 Å². The van der Waals surface area contributed by atoms with E-state index >= 15 is 0 Å². The van der Waals surface area contributed by atoms with Crippen LogP contribution < -0.4 is 21.3 Å². The lowest BCUT2D eigenvalue weighted by Gasteiger charge is -2.36. The van der Waals surface area contributed by atoms with Gasteiger partial charge >= 0.3 is 18.2 Å². The Morgan fingerprint density at radius 3 is 1.53 bits per heavy atom. The van der Waals surface area contributed by atoms with Gasteiger partial charge in [0, 0.05) is 30.7 Å². The average molecular weight is 1200 g/mol. The Bertz CT molecular complexity index is 3470. The number of benzene rings is 7. The van der Waals surface area contributed by atoms with Gasteiger partial charge in [0.05, 0.1) is 24.4 Å². The molecular formula is C73H73N5O9S. The molecule has 3 aliphatic carbocycles. The third kappa shape index (κ3) is 13.6. The summed E-state index contributed by atoms with van der Waals surface area (Å²) in [5.41, 5.74) is 11.7. The van der Waals surface area contributed by atoms with Gasteiger partial charge in [-0.2, -0.15) is 0 Å². The highest BCUT2D eigenvalue weighted by Crippen LogP contribution is 2.50. The molecule has 15 heteroatoms. The van der Waals surface area contributed by atoms with E-state index in [1.54, 1.807) is 0 Å². The minimum Gasteiger partial charge on any atom is -0.464 e. The molecule has 1 saturated carbocycles. The number of ether oxygens (including phenoxy) is 3. The molecule has 14 nitrogen and oxygen atoms in total. The van der Waals surface area contributed by atoms with Gasteiger partial charge in [-0.15, -0.1) is 18.3 Å². The molecular weight excluding hydrogens is 1120 g/mol. The molecule has 7 aromatic carbocycles. The van der Waals surface area contributed by atoms with Gasteiger partial charge in [-0.25, -0.2) is 9.59 Å². The molecule has 5 amide bonds. The van der Waals surface area contributed by atoms with Gasteiger partial charge in [0.1, 0.15) is 25.8 Å². The summed E-state index contributed by atoms with van der Waals surface area (Å²) in [5, 5.41) is 10.9. The minimum atomic E-state index is -1.15. The zero-order valence-electron chi connectivity index (χ0n) is 49.1. The Balaban J connectivity index is 0.646. The second kappa shape index (κ2) is 28.5. The zero-order chi connectivity index (χ0) is 60.8. The van der Waals surface area contributed by atoms with Crippen molar-refractivity contribution in [1.82, 2.24) is 26.2 Å². The van der Waals surface area contributed by atoms with Crippen LogP contribution >= 0.6 is 11.8 Å². The van der Waals surface area contributed by atoms with Crippen molar-refractivity contribution in [3.63, 3.8) is 0 Å². The molecule has 11 rings (SSSR count). The summed E-state index contributed by atoms with van der Waals surface area (Å²) in [7, 11) is 0. The van der Waals surface area contributed by atoms with Gasteiger partial charge in [-0.3, -0.25) is 19.2 Å². The van der Waals surface area contributed by atoms with Crippen molar-refractivity contribution in [2.75, 3.05) is 58.3 Å². The fraction of sp³-hybridized carbons (Fsp3) is 0.288. The molecule has 1 aliphatic heterocycles. The molecule has 88 heavy (non-hydrogen) atoms. The van der Waals surface area contributed by atoms with E-state index in [2.05, 4.69) is 113 Å². The van der Waals surface area contributed by atoms with Gasteiger partial charge in [0.15, 0.2) is 0 Å². The second-order valence-electron chi connectivity index (χ2n) is 22.9. The number of carbonyl (C=O) groups excluding carboxylic acids is 6. The standard InChI is InChI=1S/C73H73N5O9S/c1-2-49-40-50(24-8-3-4-23-39-85-69(81)43-76-71(83)86-46-64-58-35-19-15-31-54(58)55-32-16-20-36-59(55)64)63-45-78(44-62(49)63)68(80)42-74-67(79)41-75-70(82)66(77-72(84)87-47-65-60-37-21-17-33-56(60)57-34-18-22-38-61(57)65)48-88-73(51-25-9-5-10-26-51,52-27-11-6-12-28-52)53-29-13-7-14-30-53/h2,5-22,24-38,49-50,62-66H,1,3-4,23,39-48H2,(H,74,79)(H,75,82)(H,76,83)(H,77,84)/b24-8+/t49-,50+,62-,63+,66+/m1/s1. The quantitative estimate of drug-likeness (QED) is 0.0141. The lowest BCUT2D eigenvalue weighted by atomic mass is 9.84. The number of rotatable bonds is 25. The predicted octanol–water partition coefficient (Wildman–Crippen LogP) is 11.6. The van der Waals surface area contributed by atoms with Gasteiger partial charge in [-0.1, -0.05) is 206 Å². The smallest absolute Gasteiger partial charge is 0.407 e. The third-order valence-electron chi connectivity index (χ3n) is 17.7. The van der Waals surface area contributed by atoms with Gasteiger partial charge in [-0.05, 0) is 111 Å². The van der Waals surface area contributed by atoms with Crippen molar-refractivity contribution in [3.05, 3.63) is 252 Å². The molecule has 0 radical (unpaired) electrons. The maximum absolute atomic E-state index is 14.4. The monoisotopic (exact) mass is 1200 g/mol. The first-order valence-electron chi connectivity index (χ1n) is 30.4. The normalized spacial score (nSPS) is 17.6. The van der Waals surface area contributed by atoms with Crippen molar-refractivity contribution in [2.24, 2.45) is 23.7 Å². The van der Waals surface area contributed by atoms with Crippen molar-refractivity contribution < 1.29 is 43.0 Å². The molecule has 0 unspecified atom stereocenters. The summed E-state index contributed by atoms with van der Waals surface area (Å²) in [6, 6.07) is 61.3. The number of alkyl carbamates (subject to hydrolysis) is 2. The van der Waals surface area contributed by atoms with Gasteiger partial charge < -0.3 is 40.4 Å². The molecule has 2 fully saturated rings. The van der Waals surface area contributed by atoms with Crippen LogP contribution in [0.4, 0.5) is 9.59 Å². The number of hydrogen-bond donors (Lipinski definition) is 4. The van der Waals surface area contributed by atoms with Crippen LogP contribution in [0.3, 0.4) is 0 Å². The van der Waals surface area contributed by atoms with Gasteiger partial charge in [0.2, 0.25) is 17.7 Å². The van der Waals surface area contributed by atoms with Crippen molar-refractivity contribution in [2.45, 2.75) is 48.3 Å². The van der Waals surface area contributed by atoms with Crippen LogP contribution in [0.2, 0.25) is 0 Å². The minimum absolute atomic E-state index is 0.0450. The fourth-order valence-corrected chi connectivity index (χ4v) is 14.9. The number of likely N-dealkylation sites (tertiary alicyclic amines) is 1. The Morgan fingerprint density at radius 1 is 0.545 bits per heavy atom. The van der Waals surface area contributed by atoms with Crippen LogP contribution in [0, 0.1) is 23.7 Å². The summed E-state index contributed by atoms with van der Waals surface area (Å²) in [6.07, 6.45) is 8.11. The number of amides is 5. The lowest BCUT2D eigenvalue weighted by molar-refractivity contribution is -0.142. The maximum Gasteiger partial charge on any atom is 0.407 e. The predicted molar refractivity (Wildman–Crippen MR) is 342 cm³/mol. The topological polar surface area (TPSA) is 181 Å². The van der Waals surface area contributed by atoms with Crippen molar-refractivity contribution in [1.29, 1.82) is 0 Å². The molecule has 4 N–H and O–H groups in total. The van der Waals surface area contributed by atoms with E-state index in [4.69, 9.17) is 14.2 Å². The first-order chi connectivity index (χ1) is 43.1. The molecule has 1 saturated heterocycles. The van der Waals surface area contributed by atoms with E-state index in [1.807, 2.05) is 126 Å². The zero-order valence-corrected chi connectivity index (χ0v) is 49.9. The lowest BCUT2D eigenvalue weighted by Crippen LogP contribution is -2.51. The van der Waals surface area contributed by atoms with E-state index < -0.39 is 47.3 Å². The molecule has 0 aromatic heterocycles. The molecule has 0 bridgehead atoms. The molecule has 7 aromatic rings. The Kier molecular flexibility index (Phi) is 19.6. The highest BCUT2D eigenvalue weighted by Gasteiger charge is 2.47. The Hall–Kier alpha value is -9.21. The van der Waals surface area contributed by atoms with Crippen LogP contribution in [0.25, 0.3) is 22.3 Å². The van der Waals surface area contributed by atoms with Crippen molar-refractivity contribution >= 4 is 47.6 Å².